The van der Waals surface area contributed by atoms with Crippen molar-refractivity contribution in [2.45, 2.75) is 13.0 Å². The number of imide groups is 1. The molecule has 3 heterocycles. The van der Waals surface area contributed by atoms with Crippen LogP contribution in [0.4, 0.5) is 10.5 Å². The Morgan fingerprint density at radius 3 is 2.64 bits per heavy atom. The third-order valence-electron chi connectivity index (χ3n) is 5.06. The fourth-order valence-corrected chi connectivity index (χ4v) is 3.94. The standard InChI is InChI=1S/C18H18ClN5O4/c1-10-7-22(12-5-3-11(19)4-6-12)17-20-15-14(23(17)8-10)16(27)24(9-13(25)26)18(28)21(15)2/h3-6,10,14H,7-9H2,1-2H3/p+1. The van der Waals surface area contributed by atoms with E-state index in [1.54, 1.807) is 12.1 Å². The summed E-state index contributed by atoms with van der Waals surface area (Å²) in [7, 11) is 1.50. The molecule has 28 heavy (non-hydrogen) atoms. The zero-order valence-corrected chi connectivity index (χ0v) is 16.1. The van der Waals surface area contributed by atoms with E-state index in [0.29, 0.717) is 29.9 Å². The Morgan fingerprint density at radius 2 is 2.00 bits per heavy atom. The molecular formula is C18H19ClN5O4+. The van der Waals surface area contributed by atoms with Crippen LogP contribution in [-0.2, 0) is 9.59 Å². The molecule has 0 bridgehead atoms. The molecule has 4 rings (SSSR count). The normalized spacial score (nSPS) is 24.4. The number of carbonyl (C=O) groups excluding carboxylic acids is 2. The van der Waals surface area contributed by atoms with Crippen molar-refractivity contribution in [2.75, 3.05) is 31.6 Å². The van der Waals surface area contributed by atoms with E-state index in [1.807, 2.05) is 21.6 Å². The number of fused-ring (bicyclic) bond motifs is 2. The van der Waals surface area contributed by atoms with Crippen LogP contribution in [0.2, 0.25) is 5.02 Å². The molecule has 3 aliphatic heterocycles. The van der Waals surface area contributed by atoms with Gasteiger partial charge in [-0.25, -0.2) is 19.2 Å². The fraction of sp³-hybridized carbons (Fsp3) is 0.389. The maximum Gasteiger partial charge on any atom is 0.397 e. The van der Waals surface area contributed by atoms with E-state index in [2.05, 4.69) is 11.9 Å². The summed E-state index contributed by atoms with van der Waals surface area (Å²) in [6, 6.07) is 5.82. The lowest BCUT2D eigenvalue weighted by atomic mass is 10.1. The lowest BCUT2D eigenvalue weighted by Crippen LogP contribution is -2.64. The first kappa shape index (κ1) is 18.4. The van der Waals surface area contributed by atoms with Gasteiger partial charge in [-0.2, -0.15) is 0 Å². The summed E-state index contributed by atoms with van der Waals surface area (Å²) in [5.74, 6) is -0.695. The van der Waals surface area contributed by atoms with Crippen molar-refractivity contribution in [3.8, 4) is 0 Å². The second kappa shape index (κ2) is 6.59. The van der Waals surface area contributed by atoms with Gasteiger partial charge in [-0.1, -0.05) is 23.5 Å². The third kappa shape index (κ3) is 2.82. The average Bonchev–Trinajstić information content (AvgIpc) is 3.03. The number of likely N-dealkylation sites (N-methyl/N-ethyl adjacent to an activating group) is 1. The smallest absolute Gasteiger partial charge is 0.397 e. The summed E-state index contributed by atoms with van der Waals surface area (Å²) in [6.07, 6.45) is 0. The topological polar surface area (TPSA) is 96.5 Å². The highest BCUT2D eigenvalue weighted by atomic mass is 35.5. The van der Waals surface area contributed by atoms with Gasteiger partial charge in [0.2, 0.25) is 11.9 Å². The number of amides is 3. The number of anilines is 1. The molecule has 3 aliphatic rings. The Bertz CT molecular complexity index is 942. The number of nitrogens with zero attached hydrogens (tertiary/aromatic N) is 5. The maximum atomic E-state index is 13.0. The van der Waals surface area contributed by atoms with Crippen LogP contribution < -0.4 is 4.90 Å². The Balaban J connectivity index is 1.77. The molecule has 0 spiro atoms. The van der Waals surface area contributed by atoms with Crippen molar-refractivity contribution in [1.82, 2.24) is 9.80 Å². The van der Waals surface area contributed by atoms with Crippen LogP contribution in [0.5, 0.6) is 0 Å². The number of aliphatic imine (C=N–C) groups is 1. The van der Waals surface area contributed by atoms with Crippen molar-refractivity contribution < 1.29 is 24.1 Å². The Morgan fingerprint density at radius 1 is 1.32 bits per heavy atom. The van der Waals surface area contributed by atoms with Crippen LogP contribution in [0, 0.1) is 5.92 Å². The molecule has 1 aromatic carbocycles. The van der Waals surface area contributed by atoms with E-state index < -0.39 is 30.5 Å². The molecule has 10 heteroatoms. The number of rotatable bonds is 3. The van der Waals surface area contributed by atoms with Gasteiger partial charge >= 0.3 is 18.0 Å². The number of amidine groups is 1. The Kier molecular flexibility index (Phi) is 4.34. The van der Waals surface area contributed by atoms with Gasteiger partial charge in [-0.05, 0) is 24.3 Å². The highest BCUT2D eigenvalue weighted by Gasteiger charge is 2.55. The van der Waals surface area contributed by atoms with Crippen LogP contribution in [0.15, 0.2) is 29.3 Å². The SMILES string of the molecule is CC1CN(c2ccc(Cl)cc2)C2=[N+](C1)C1C(=O)N(CC(=O)O)C(=O)N(C)C1=N2. The summed E-state index contributed by atoms with van der Waals surface area (Å²) in [6.45, 7) is 2.66. The minimum absolute atomic E-state index is 0.220. The van der Waals surface area contributed by atoms with Gasteiger partial charge in [0.15, 0.2) is 0 Å². The van der Waals surface area contributed by atoms with Crippen molar-refractivity contribution in [3.05, 3.63) is 29.3 Å². The highest BCUT2D eigenvalue weighted by Crippen LogP contribution is 2.28. The second-order valence-electron chi connectivity index (χ2n) is 7.18. The van der Waals surface area contributed by atoms with Crippen LogP contribution in [0.25, 0.3) is 0 Å². The van der Waals surface area contributed by atoms with Crippen LogP contribution in [-0.4, -0.2) is 81.9 Å². The first-order valence-electron chi connectivity index (χ1n) is 8.84. The Hall–Kier alpha value is -2.94. The molecule has 1 saturated heterocycles. The highest BCUT2D eigenvalue weighted by molar-refractivity contribution is 6.30. The van der Waals surface area contributed by atoms with E-state index in [0.717, 1.165) is 10.6 Å². The number of aliphatic carboxylic acids is 1. The molecule has 0 aromatic heterocycles. The quantitative estimate of drug-likeness (QED) is 0.756. The number of halogens is 1. The minimum Gasteiger partial charge on any atom is -0.480 e. The first-order valence-corrected chi connectivity index (χ1v) is 9.22. The van der Waals surface area contributed by atoms with Crippen molar-refractivity contribution >= 4 is 47.0 Å². The van der Waals surface area contributed by atoms with E-state index >= 15 is 0 Å². The van der Waals surface area contributed by atoms with Crippen LogP contribution in [0.3, 0.4) is 0 Å². The van der Waals surface area contributed by atoms with E-state index in [9.17, 15) is 14.4 Å². The first-order chi connectivity index (χ1) is 13.3. The van der Waals surface area contributed by atoms with Crippen molar-refractivity contribution in [3.63, 3.8) is 0 Å². The van der Waals surface area contributed by atoms with Gasteiger partial charge in [0.05, 0.1) is 13.1 Å². The minimum atomic E-state index is -1.24. The van der Waals surface area contributed by atoms with Gasteiger partial charge in [0.25, 0.3) is 5.91 Å². The number of carboxylic acids is 1. The third-order valence-corrected chi connectivity index (χ3v) is 5.32. The van der Waals surface area contributed by atoms with E-state index in [-0.39, 0.29) is 5.92 Å². The molecular weight excluding hydrogens is 386 g/mol. The summed E-state index contributed by atoms with van der Waals surface area (Å²) in [4.78, 5) is 45.2. The number of benzene rings is 1. The molecule has 2 unspecified atom stereocenters. The molecule has 1 fully saturated rings. The fourth-order valence-electron chi connectivity index (χ4n) is 3.82. The molecule has 0 saturated carbocycles. The number of hydrogen-bond acceptors (Lipinski definition) is 5. The zero-order chi connectivity index (χ0) is 20.2. The molecule has 146 valence electrons. The Labute approximate surface area is 166 Å². The molecule has 0 radical (unpaired) electrons. The van der Waals surface area contributed by atoms with Crippen molar-refractivity contribution in [2.24, 2.45) is 10.9 Å². The number of carboxylic acid groups (broad SMARTS) is 1. The van der Waals surface area contributed by atoms with Gasteiger partial charge in [0.1, 0.15) is 12.2 Å². The summed E-state index contributed by atoms with van der Waals surface area (Å²) < 4.78 is 1.85. The van der Waals surface area contributed by atoms with Gasteiger partial charge in [-0.15, -0.1) is 0 Å². The summed E-state index contributed by atoms with van der Waals surface area (Å²) >= 11 is 6.00. The zero-order valence-electron chi connectivity index (χ0n) is 15.4. The van der Waals surface area contributed by atoms with Crippen LogP contribution in [0.1, 0.15) is 6.92 Å². The number of hydrogen-bond donors (Lipinski definition) is 1. The molecule has 1 N–H and O–H groups in total. The average molecular weight is 405 g/mol. The summed E-state index contributed by atoms with van der Waals surface area (Å²) in [5, 5.41) is 9.70. The van der Waals surface area contributed by atoms with Gasteiger partial charge in [0, 0.05) is 18.0 Å². The number of urea groups is 1. The van der Waals surface area contributed by atoms with E-state index in [4.69, 9.17) is 16.7 Å². The molecule has 0 aliphatic carbocycles. The molecule has 1 aromatic rings. The molecule has 2 atom stereocenters. The van der Waals surface area contributed by atoms with E-state index in [1.165, 1.54) is 11.9 Å². The largest absolute Gasteiger partial charge is 0.480 e. The van der Waals surface area contributed by atoms with Gasteiger partial charge < -0.3 is 5.11 Å². The predicted molar refractivity (Wildman–Crippen MR) is 102 cm³/mol. The van der Waals surface area contributed by atoms with Crippen LogP contribution >= 0.6 is 11.6 Å². The lowest BCUT2D eigenvalue weighted by Gasteiger charge is -2.34. The summed E-state index contributed by atoms with van der Waals surface area (Å²) in [5.41, 5.74) is 0.878. The number of carbonyl (C=O) groups is 3. The molecule has 3 amide bonds. The second-order valence-corrected chi connectivity index (χ2v) is 7.61. The number of guanidine groups is 1. The molecule has 9 nitrogen and oxygen atoms in total. The lowest BCUT2D eigenvalue weighted by molar-refractivity contribution is -0.545. The van der Waals surface area contributed by atoms with Crippen molar-refractivity contribution in [1.29, 1.82) is 0 Å². The maximum absolute atomic E-state index is 13.0. The van der Waals surface area contributed by atoms with Gasteiger partial charge in [-0.3, -0.25) is 14.5 Å². The monoisotopic (exact) mass is 404 g/mol. The predicted octanol–water partition coefficient (Wildman–Crippen LogP) is 0.924.